The Morgan fingerprint density at radius 3 is 2.84 bits per heavy atom. The molecule has 106 valence electrons. The molecule has 1 aliphatic rings. The Labute approximate surface area is 116 Å². The second-order valence-corrected chi connectivity index (χ2v) is 5.54. The number of likely N-dealkylation sites (N-methyl/N-ethyl adjacent to an activating group) is 1. The number of hydrogen-bond acceptors (Lipinski definition) is 3. The first kappa shape index (κ1) is 14.4. The molecule has 0 amide bonds. The smallest absolute Gasteiger partial charge is 0.119 e. The minimum absolute atomic E-state index is 0.203. The molecule has 3 unspecified atom stereocenters. The average molecular weight is 263 g/mol. The third-order valence-corrected chi connectivity index (χ3v) is 4.55. The second kappa shape index (κ2) is 5.93. The highest BCUT2D eigenvalue weighted by Crippen LogP contribution is 2.35. The van der Waals surface area contributed by atoms with E-state index in [0.717, 1.165) is 30.6 Å². The topological polar surface area (TPSA) is 32.7 Å². The van der Waals surface area contributed by atoms with E-state index in [1.54, 1.807) is 7.11 Å². The van der Waals surface area contributed by atoms with Gasteiger partial charge in [0, 0.05) is 12.1 Å². The molecule has 1 aromatic rings. The molecule has 3 nitrogen and oxygen atoms in total. The summed E-state index contributed by atoms with van der Waals surface area (Å²) in [5.41, 5.74) is 2.29. The summed E-state index contributed by atoms with van der Waals surface area (Å²) in [6.07, 6.45) is 2.73. The lowest BCUT2D eigenvalue weighted by Crippen LogP contribution is -2.44. The van der Waals surface area contributed by atoms with Crippen LogP contribution in [0.2, 0.25) is 0 Å². The summed E-state index contributed by atoms with van der Waals surface area (Å²) >= 11 is 0. The van der Waals surface area contributed by atoms with Gasteiger partial charge in [-0.1, -0.05) is 13.0 Å². The molecule has 19 heavy (non-hydrogen) atoms. The van der Waals surface area contributed by atoms with E-state index >= 15 is 0 Å². The molecule has 0 saturated heterocycles. The molecule has 0 aromatic heterocycles. The Balaban J connectivity index is 2.25. The van der Waals surface area contributed by atoms with Crippen molar-refractivity contribution in [1.82, 2.24) is 4.90 Å². The van der Waals surface area contributed by atoms with Crippen LogP contribution in [0.5, 0.6) is 5.75 Å². The maximum Gasteiger partial charge on any atom is 0.119 e. The van der Waals surface area contributed by atoms with Crippen molar-refractivity contribution in [3.8, 4) is 5.75 Å². The van der Waals surface area contributed by atoms with Gasteiger partial charge >= 0.3 is 0 Å². The maximum atomic E-state index is 10.7. The number of fused-ring (bicyclic) bond motifs is 1. The number of hydrogen-bond donors (Lipinski definition) is 1. The molecule has 0 spiro atoms. The zero-order chi connectivity index (χ0) is 14.0. The fourth-order valence-corrected chi connectivity index (χ4v) is 2.91. The molecule has 3 atom stereocenters. The Kier molecular flexibility index (Phi) is 4.48. The van der Waals surface area contributed by atoms with Crippen molar-refractivity contribution in [2.75, 3.05) is 14.2 Å². The Bertz CT molecular complexity index is 433. The molecule has 3 heteroatoms. The van der Waals surface area contributed by atoms with E-state index in [4.69, 9.17) is 4.74 Å². The Hall–Kier alpha value is -1.06. The number of rotatable bonds is 4. The SMILES string of the molecule is CCC(C)N(C)C1CCc2ccc(OC)cc2C1O. The lowest BCUT2D eigenvalue weighted by Gasteiger charge is -2.39. The van der Waals surface area contributed by atoms with Crippen molar-refractivity contribution in [3.05, 3.63) is 29.3 Å². The quantitative estimate of drug-likeness (QED) is 0.906. The number of ether oxygens (including phenoxy) is 1. The molecule has 0 fully saturated rings. The van der Waals surface area contributed by atoms with Gasteiger partial charge in [0.25, 0.3) is 0 Å². The largest absolute Gasteiger partial charge is 0.497 e. The molecule has 0 heterocycles. The number of aliphatic hydroxyl groups excluding tert-OH is 1. The zero-order valence-electron chi connectivity index (χ0n) is 12.4. The van der Waals surface area contributed by atoms with Crippen LogP contribution in [0.25, 0.3) is 0 Å². The summed E-state index contributed by atoms with van der Waals surface area (Å²) in [4.78, 5) is 2.31. The first-order valence-corrected chi connectivity index (χ1v) is 7.15. The predicted molar refractivity (Wildman–Crippen MR) is 77.6 cm³/mol. The van der Waals surface area contributed by atoms with E-state index in [2.05, 4.69) is 31.9 Å². The van der Waals surface area contributed by atoms with Crippen molar-refractivity contribution in [2.24, 2.45) is 0 Å². The van der Waals surface area contributed by atoms with Crippen molar-refractivity contribution in [1.29, 1.82) is 0 Å². The van der Waals surface area contributed by atoms with E-state index < -0.39 is 6.10 Å². The van der Waals surface area contributed by atoms with Crippen LogP contribution in [0.15, 0.2) is 18.2 Å². The lowest BCUT2D eigenvalue weighted by molar-refractivity contribution is 0.0306. The van der Waals surface area contributed by atoms with E-state index in [1.807, 2.05) is 12.1 Å². The molecule has 1 aliphatic carbocycles. The van der Waals surface area contributed by atoms with E-state index in [1.165, 1.54) is 5.56 Å². The summed E-state index contributed by atoms with van der Waals surface area (Å²) in [6.45, 7) is 4.40. The summed E-state index contributed by atoms with van der Waals surface area (Å²) < 4.78 is 5.27. The molecule has 0 saturated carbocycles. The molecule has 1 aromatic carbocycles. The van der Waals surface area contributed by atoms with Crippen LogP contribution in [-0.4, -0.2) is 36.2 Å². The van der Waals surface area contributed by atoms with Crippen molar-refractivity contribution in [2.45, 2.75) is 51.3 Å². The molecular formula is C16H25NO2. The molecule has 0 aliphatic heterocycles. The van der Waals surface area contributed by atoms with Crippen LogP contribution in [0, 0.1) is 0 Å². The highest BCUT2D eigenvalue weighted by atomic mass is 16.5. The predicted octanol–water partition coefficient (Wildman–Crippen LogP) is 2.77. The van der Waals surface area contributed by atoms with Crippen LogP contribution in [0.3, 0.4) is 0 Å². The monoisotopic (exact) mass is 263 g/mol. The normalized spacial score (nSPS) is 24.1. The molecule has 0 radical (unpaired) electrons. The lowest BCUT2D eigenvalue weighted by atomic mass is 9.84. The summed E-state index contributed by atoms with van der Waals surface area (Å²) in [5, 5.41) is 10.7. The summed E-state index contributed by atoms with van der Waals surface area (Å²) in [5.74, 6) is 0.824. The Morgan fingerprint density at radius 2 is 2.21 bits per heavy atom. The van der Waals surface area contributed by atoms with Crippen molar-refractivity contribution < 1.29 is 9.84 Å². The number of aryl methyl sites for hydroxylation is 1. The first-order chi connectivity index (χ1) is 9.08. The summed E-state index contributed by atoms with van der Waals surface area (Å²) in [6, 6.07) is 6.74. The fourth-order valence-electron chi connectivity index (χ4n) is 2.91. The molecule has 2 rings (SSSR count). The molecule has 1 N–H and O–H groups in total. The van der Waals surface area contributed by atoms with Crippen LogP contribution >= 0.6 is 0 Å². The minimum Gasteiger partial charge on any atom is -0.497 e. The third-order valence-electron chi connectivity index (χ3n) is 4.55. The number of methoxy groups -OCH3 is 1. The highest BCUT2D eigenvalue weighted by molar-refractivity contribution is 5.39. The maximum absolute atomic E-state index is 10.7. The highest BCUT2D eigenvalue weighted by Gasteiger charge is 2.32. The van der Waals surface area contributed by atoms with Gasteiger partial charge in [-0.05, 0) is 56.5 Å². The van der Waals surface area contributed by atoms with Crippen LogP contribution < -0.4 is 4.74 Å². The van der Waals surface area contributed by atoms with Gasteiger partial charge in [0.05, 0.1) is 13.2 Å². The number of benzene rings is 1. The van der Waals surface area contributed by atoms with E-state index in [0.29, 0.717) is 6.04 Å². The first-order valence-electron chi connectivity index (χ1n) is 7.15. The van der Waals surface area contributed by atoms with E-state index in [9.17, 15) is 5.11 Å². The van der Waals surface area contributed by atoms with Gasteiger partial charge in [-0.2, -0.15) is 0 Å². The van der Waals surface area contributed by atoms with Crippen molar-refractivity contribution >= 4 is 0 Å². The van der Waals surface area contributed by atoms with Gasteiger partial charge in [0.2, 0.25) is 0 Å². The average Bonchev–Trinajstić information content (AvgIpc) is 2.46. The second-order valence-electron chi connectivity index (χ2n) is 5.54. The molecular weight excluding hydrogens is 238 g/mol. The number of aliphatic hydroxyl groups is 1. The van der Waals surface area contributed by atoms with E-state index in [-0.39, 0.29) is 6.04 Å². The van der Waals surface area contributed by atoms with Crippen molar-refractivity contribution in [3.63, 3.8) is 0 Å². The summed E-state index contributed by atoms with van der Waals surface area (Å²) in [7, 11) is 3.78. The Morgan fingerprint density at radius 1 is 1.47 bits per heavy atom. The zero-order valence-corrected chi connectivity index (χ0v) is 12.4. The van der Waals surface area contributed by atoms with Gasteiger partial charge in [0.15, 0.2) is 0 Å². The number of nitrogens with zero attached hydrogens (tertiary/aromatic N) is 1. The molecule has 0 bridgehead atoms. The van der Waals surface area contributed by atoms with Gasteiger partial charge in [-0.25, -0.2) is 0 Å². The van der Waals surface area contributed by atoms with Crippen LogP contribution in [-0.2, 0) is 6.42 Å². The van der Waals surface area contributed by atoms with Gasteiger partial charge in [0.1, 0.15) is 5.75 Å². The minimum atomic E-state index is -0.419. The van der Waals surface area contributed by atoms with Gasteiger partial charge < -0.3 is 9.84 Å². The fraction of sp³-hybridized carbons (Fsp3) is 0.625. The van der Waals surface area contributed by atoms with Crippen LogP contribution in [0.4, 0.5) is 0 Å². The van der Waals surface area contributed by atoms with Gasteiger partial charge in [-0.15, -0.1) is 0 Å². The van der Waals surface area contributed by atoms with Crippen LogP contribution in [0.1, 0.15) is 43.9 Å². The van der Waals surface area contributed by atoms with Gasteiger partial charge in [-0.3, -0.25) is 4.90 Å². The third kappa shape index (κ3) is 2.77. The standard InChI is InChI=1S/C16H25NO2/c1-5-11(2)17(3)15-9-7-12-6-8-13(19-4)10-14(12)16(15)18/h6,8,10-11,15-16,18H,5,7,9H2,1-4H3.